The fraction of sp³-hybridized carbons (Fsp3) is 0.923. The number of carbonyl (C=O) groups is 1. The van der Waals surface area contributed by atoms with Crippen molar-refractivity contribution in [1.82, 2.24) is 4.90 Å². The summed E-state index contributed by atoms with van der Waals surface area (Å²) in [4.78, 5) is 14.0. The minimum atomic E-state index is -0.0563. The third kappa shape index (κ3) is 3.21. The first kappa shape index (κ1) is 13.5. The molecule has 3 nitrogen and oxygen atoms in total. The first-order valence-corrected chi connectivity index (χ1v) is 6.16. The lowest BCUT2D eigenvalue weighted by atomic mass is 9.81. The van der Waals surface area contributed by atoms with Gasteiger partial charge in [-0.2, -0.15) is 0 Å². The molecule has 0 aromatic carbocycles. The van der Waals surface area contributed by atoms with Gasteiger partial charge in [0.15, 0.2) is 0 Å². The van der Waals surface area contributed by atoms with E-state index >= 15 is 0 Å². The summed E-state index contributed by atoms with van der Waals surface area (Å²) >= 11 is 0. The van der Waals surface area contributed by atoms with Crippen LogP contribution in [0, 0.1) is 11.3 Å². The van der Waals surface area contributed by atoms with Gasteiger partial charge in [0.2, 0.25) is 5.91 Å². The molecule has 0 radical (unpaired) electrons. The molecule has 0 saturated carbocycles. The van der Waals surface area contributed by atoms with E-state index in [-0.39, 0.29) is 16.9 Å². The van der Waals surface area contributed by atoms with Crippen molar-refractivity contribution in [3.8, 4) is 0 Å². The maximum Gasteiger partial charge on any atom is 0.223 e. The van der Waals surface area contributed by atoms with E-state index in [1.807, 2.05) is 4.90 Å². The molecule has 1 saturated heterocycles. The van der Waals surface area contributed by atoms with Gasteiger partial charge in [-0.05, 0) is 38.1 Å². The van der Waals surface area contributed by atoms with Crippen LogP contribution in [0.25, 0.3) is 0 Å². The number of likely N-dealkylation sites (tertiary alicyclic amines) is 1. The molecular weight excluding hydrogens is 200 g/mol. The monoisotopic (exact) mass is 226 g/mol. The Bertz CT molecular complexity index is 266. The van der Waals surface area contributed by atoms with Crippen LogP contribution in [0.4, 0.5) is 0 Å². The highest BCUT2D eigenvalue weighted by molar-refractivity contribution is 5.79. The molecule has 1 atom stereocenters. The van der Waals surface area contributed by atoms with Crippen molar-refractivity contribution in [2.24, 2.45) is 17.1 Å². The second-order valence-corrected chi connectivity index (χ2v) is 6.86. The number of rotatable bonds is 3. The standard InChI is InChI=1S/C13H26N2O/c1-12(2,3)9-13(4,5)15-8-10(7-14)6-11(15)16/h10H,6-9,14H2,1-5H3. The van der Waals surface area contributed by atoms with Gasteiger partial charge in [-0.1, -0.05) is 20.8 Å². The highest BCUT2D eigenvalue weighted by atomic mass is 16.2. The highest BCUT2D eigenvalue weighted by Gasteiger charge is 2.39. The number of amides is 1. The van der Waals surface area contributed by atoms with E-state index in [9.17, 15) is 4.79 Å². The molecule has 0 aromatic heterocycles. The second kappa shape index (κ2) is 4.36. The van der Waals surface area contributed by atoms with Gasteiger partial charge >= 0.3 is 0 Å². The van der Waals surface area contributed by atoms with Crippen molar-refractivity contribution in [3.05, 3.63) is 0 Å². The van der Waals surface area contributed by atoms with Crippen LogP contribution in [0.2, 0.25) is 0 Å². The predicted octanol–water partition coefficient (Wildman–Crippen LogP) is 2.01. The molecule has 0 spiro atoms. The molecule has 1 unspecified atom stereocenters. The Morgan fingerprint density at radius 2 is 1.88 bits per heavy atom. The van der Waals surface area contributed by atoms with Crippen molar-refractivity contribution in [2.75, 3.05) is 13.1 Å². The van der Waals surface area contributed by atoms with E-state index < -0.39 is 0 Å². The highest BCUT2D eigenvalue weighted by Crippen LogP contribution is 2.34. The molecular formula is C13H26N2O. The van der Waals surface area contributed by atoms with Crippen LogP contribution < -0.4 is 5.73 Å². The zero-order valence-corrected chi connectivity index (χ0v) is 11.3. The number of carbonyl (C=O) groups excluding carboxylic acids is 1. The Balaban J connectivity index is 2.73. The van der Waals surface area contributed by atoms with Crippen LogP contribution in [0.5, 0.6) is 0 Å². The van der Waals surface area contributed by atoms with Crippen molar-refractivity contribution >= 4 is 5.91 Å². The largest absolute Gasteiger partial charge is 0.337 e. The lowest BCUT2D eigenvalue weighted by Gasteiger charge is -2.40. The van der Waals surface area contributed by atoms with Gasteiger partial charge < -0.3 is 10.6 Å². The van der Waals surface area contributed by atoms with Crippen LogP contribution in [-0.4, -0.2) is 29.4 Å². The lowest BCUT2D eigenvalue weighted by molar-refractivity contribution is -0.133. The summed E-state index contributed by atoms with van der Waals surface area (Å²) < 4.78 is 0. The normalized spacial score (nSPS) is 23.0. The zero-order valence-electron chi connectivity index (χ0n) is 11.3. The Morgan fingerprint density at radius 1 is 1.31 bits per heavy atom. The van der Waals surface area contributed by atoms with E-state index in [1.54, 1.807) is 0 Å². The van der Waals surface area contributed by atoms with Gasteiger partial charge in [-0.25, -0.2) is 0 Å². The maximum absolute atomic E-state index is 11.9. The van der Waals surface area contributed by atoms with E-state index in [2.05, 4.69) is 34.6 Å². The number of hydrogen-bond donors (Lipinski definition) is 1. The Hall–Kier alpha value is -0.570. The third-order valence-corrected chi connectivity index (χ3v) is 3.23. The molecule has 2 N–H and O–H groups in total. The fourth-order valence-electron chi connectivity index (χ4n) is 2.92. The quantitative estimate of drug-likeness (QED) is 0.800. The average molecular weight is 226 g/mol. The van der Waals surface area contributed by atoms with Gasteiger partial charge in [0.1, 0.15) is 0 Å². The molecule has 94 valence electrons. The van der Waals surface area contributed by atoms with E-state index in [1.165, 1.54) is 0 Å². The minimum absolute atomic E-state index is 0.0563. The lowest BCUT2D eigenvalue weighted by Crippen LogP contribution is -2.47. The molecule has 16 heavy (non-hydrogen) atoms. The van der Waals surface area contributed by atoms with E-state index in [0.717, 1.165) is 13.0 Å². The van der Waals surface area contributed by atoms with Gasteiger partial charge in [-0.3, -0.25) is 4.79 Å². The van der Waals surface area contributed by atoms with Gasteiger partial charge in [0.05, 0.1) is 0 Å². The van der Waals surface area contributed by atoms with Crippen molar-refractivity contribution in [2.45, 2.75) is 53.0 Å². The van der Waals surface area contributed by atoms with Crippen molar-refractivity contribution in [1.29, 1.82) is 0 Å². The number of nitrogens with two attached hydrogens (primary N) is 1. The van der Waals surface area contributed by atoms with Crippen molar-refractivity contribution in [3.63, 3.8) is 0 Å². The number of hydrogen-bond acceptors (Lipinski definition) is 2. The first-order valence-electron chi connectivity index (χ1n) is 6.16. The molecule has 1 rings (SSSR count). The Morgan fingerprint density at radius 3 is 2.25 bits per heavy atom. The van der Waals surface area contributed by atoms with Crippen LogP contribution in [0.15, 0.2) is 0 Å². The smallest absolute Gasteiger partial charge is 0.223 e. The summed E-state index contributed by atoms with van der Waals surface area (Å²) in [5, 5.41) is 0. The molecule has 0 aliphatic carbocycles. The van der Waals surface area contributed by atoms with E-state index in [0.29, 0.717) is 18.9 Å². The first-order chi connectivity index (χ1) is 7.15. The molecule has 1 amide bonds. The average Bonchev–Trinajstić information content (AvgIpc) is 2.43. The van der Waals surface area contributed by atoms with Gasteiger partial charge in [-0.15, -0.1) is 0 Å². The fourth-order valence-corrected chi connectivity index (χ4v) is 2.92. The van der Waals surface area contributed by atoms with E-state index in [4.69, 9.17) is 5.73 Å². The molecule has 1 heterocycles. The van der Waals surface area contributed by atoms with Crippen LogP contribution >= 0.6 is 0 Å². The van der Waals surface area contributed by atoms with Gasteiger partial charge in [0, 0.05) is 18.5 Å². The summed E-state index contributed by atoms with van der Waals surface area (Å²) in [5.41, 5.74) is 5.83. The van der Waals surface area contributed by atoms with Crippen molar-refractivity contribution < 1.29 is 4.79 Å². The zero-order chi connectivity index (χ0) is 12.6. The molecule has 1 fully saturated rings. The maximum atomic E-state index is 11.9. The topological polar surface area (TPSA) is 46.3 Å². The SMILES string of the molecule is CC(C)(C)CC(C)(C)N1CC(CN)CC1=O. The van der Waals surface area contributed by atoms with Crippen LogP contribution in [0.1, 0.15) is 47.5 Å². The van der Waals surface area contributed by atoms with Gasteiger partial charge in [0.25, 0.3) is 0 Å². The molecule has 3 heteroatoms. The molecule has 1 aliphatic rings. The minimum Gasteiger partial charge on any atom is -0.337 e. The van der Waals surface area contributed by atoms with Crippen LogP contribution in [0.3, 0.4) is 0 Å². The molecule has 0 bridgehead atoms. The summed E-state index contributed by atoms with van der Waals surface area (Å²) in [6, 6.07) is 0. The summed E-state index contributed by atoms with van der Waals surface area (Å²) in [7, 11) is 0. The molecule has 0 aromatic rings. The second-order valence-electron chi connectivity index (χ2n) is 6.86. The summed E-state index contributed by atoms with van der Waals surface area (Å²) in [6.45, 7) is 12.4. The molecule has 1 aliphatic heterocycles. The summed E-state index contributed by atoms with van der Waals surface area (Å²) in [6.07, 6.45) is 1.65. The summed E-state index contributed by atoms with van der Waals surface area (Å²) in [5.74, 6) is 0.622. The number of nitrogens with zero attached hydrogens (tertiary/aromatic N) is 1. The third-order valence-electron chi connectivity index (χ3n) is 3.23. The Kier molecular flexibility index (Phi) is 3.68. The predicted molar refractivity (Wildman–Crippen MR) is 67.0 cm³/mol. The Labute approximate surface area is 99.4 Å². The van der Waals surface area contributed by atoms with Crippen LogP contribution in [-0.2, 0) is 4.79 Å².